The van der Waals surface area contributed by atoms with Crippen LogP contribution in [0.15, 0.2) is 24.3 Å². The van der Waals surface area contributed by atoms with E-state index in [0.29, 0.717) is 6.42 Å². The van der Waals surface area contributed by atoms with Gasteiger partial charge in [0, 0.05) is 6.42 Å². The molecule has 0 aliphatic rings. The van der Waals surface area contributed by atoms with Crippen LogP contribution in [-0.2, 0) is 10.8 Å². The van der Waals surface area contributed by atoms with Crippen LogP contribution < -0.4 is 0 Å². The van der Waals surface area contributed by atoms with Crippen molar-refractivity contribution >= 4 is 8.32 Å². The predicted octanol–water partition coefficient (Wildman–Crippen LogP) is 3.50. The molecule has 0 spiro atoms. The largest absolute Gasteiger partial charge is 0.400 e. The van der Waals surface area contributed by atoms with Gasteiger partial charge in [-0.1, -0.05) is 12.1 Å². The molecule has 1 aromatic rings. The molecule has 1 atom stereocenters. The van der Waals surface area contributed by atoms with Gasteiger partial charge in [-0.15, -0.1) is 0 Å². The molecule has 0 heterocycles. The molecular formula is C13H18FNOSi. The maximum Gasteiger partial charge on any atom is 0.185 e. The molecule has 0 aromatic heterocycles. The Morgan fingerprint density at radius 3 is 2.53 bits per heavy atom. The van der Waals surface area contributed by atoms with Gasteiger partial charge < -0.3 is 4.43 Å². The van der Waals surface area contributed by atoms with Crippen molar-refractivity contribution in [3.05, 3.63) is 35.6 Å². The molecule has 0 bridgehead atoms. The van der Waals surface area contributed by atoms with Crippen LogP contribution in [0.5, 0.6) is 0 Å². The minimum Gasteiger partial charge on any atom is -0.400 e. The van der Waals surface area contributed by atoms with Crippen LogP contribution in [-0.4, -0.2) is 13.9 Å². The molecule has 0 N–H and O–H groups in total. The Morgan fingerprint density at radius 2 is 2.06 bits per heavy atom. The van der Waals surface area contributed by atoms with E-state index < -0.39 is 13.9 Å². The minimum atomic E-state index is -1.80. The van der Waals surface area contributed by atoms with Crippen molar-refractivity contribution < 1.29 is 8.82 Å². The van der Waals surface area contributed by atoms with E-state index in [0.717, 1.165) is 5.56 Å². The summed E-state index contributed by atoms with van der Waals surface area (Å²) in [7, 11) is -1.80. The van der Waals surface area contributed by atoms with E-state index in [1.807, 2.05) is 25.7 Å². The summed E-state index contributed by atoms with van der Waals surface area (Å²) < 4.78 is 18.9. The Morgan fingerprint density at radius 1 is 1.41 bits per heavy atom. The highest BCUT2D eigenvalue weighted by Crippen LogP contribution is 2.22. The van der Waals surface area contributed by atoms with Gasteiger partial charge in [-0.2, -0.15) is 5.26 Å². The molecule has 92 valence electrons. The topological polar surface area (TPSA) is 33.0 Å². The molecule has 0 saturated carbocycles. The molecule has 1 aromatic carbocycles. The van der Waals surface area contributed by atoms with Gasteiger partial charge in [-0.05, 0) is 44.3 Å². The zero-order chi connectivity index (χ0) is 13.1. The van der Waals surface area contributed by atoms with Crippen LogP contribution in [0.4, 0.5) is 4.39 Å². The second kappa shape index (κ2) is 4.99. The van der Waals surface area contributed by atoms with Gasteiger partial charge in [0.25, 0.3) is 0 Å². The quantitative estimate of drug-likeness (QED) is 0.767. The summed E-state index contributed by atoms with van der Waals surface area (Å²) in [5, 5.41) is 9.23. The van der Waals surface area contributed by atoms with Gasteiger partial charge in [0.05, 0.1) is 6.07 Å². The van der Waals surface area contributed by atoms with E-state index in [-0.39, 0.29) is 5.82 Å². The van der Waals surface area contributed by atoms with Crippen LogP contribution in [0.1, 0.15) is 12.5 Å². The first-order valence-corrected chi connectivity index (χ1v) is 9.01. The number of rotatable bonds is 4. The Bertz CT molecular complexity index is 436. The number of benzene rings is 1. The van der Waals surface area contributed by atoms with Crippen molar-refractivity contribution in [1.29, 1.82) is 5.26 Å². The fourth-order valence-electron chi connectivity index (χ4n) is 1.81. The molecule has 0 amide bonds. The van der Waals surface area contributed by atoms with Crippen LogP contribution in [0, 0.1) is 17.1 Å². The van der Waals surface area contributed by atoms with Crippen LogP contribution in [0.2, 0.25) is 19.6 Å². The summed E-state index contributed by atoms with van der Waals surface area (Å²) in [6.07, 6.45) is 0.408. The lowest BCUT2D eigenvalue weighted by Gasteiger charge is -2.30. The van der Waals surface area contributed by atoms with E-state index in [9.17, 15) is 9.65 Å². The Labute approximate surface area is 103 Å². The third kappa shape index (κ3) is 4.68. The third-order valence-corrected chi connectivity index (χ3v) is 3.26. The Hall–Kier alpha value is -1.18. The van der Waals surface area contributed by atoms with E-state index in [1.165, 1.54) is 12.1 Å². The first-order chi connectivity index (χ1) is 7.74. The number of nitriles is 1. The second-order valence-corrected chi connectivity index (χ2v) is 9.79. The molecule has 0 aliphatic heterocycles. The fourth-order valence-corrected chi connectivity index (χ4v) is 3.28. The lowest BCUT2D eigenvalue weighted by atomic mass is 9.98. The summed E-state index contributed by atoms with van der Waals surface area (Å²) in [4.78, 5) is 0. The molecule has 0 fully saturated rings. The molecule has 1 rings (SSSR count). The van der Waals surface area contributed by atoms with Gasteiger partial charge in [-0.25, -0.2) is 4.39 Å². The highest BCUT2D eigenvalue weighted by atomic mass is 28.4. The predicted molar refractivity (Wildman–Crippen MR) is 68.6 cm³/mol. The van der Waals surface area contributed by atoms with E-state index >= 15 is 0 Å². The van der Waals surface area contributed by atoms with Crippen molar-refractivity contribution in [2.45, 2.75) is 38.6 Å². The SMILES string of the molecule is CC(C#N)(Cc1cccc(F)c1)O[Si](C)(C)C. The van der Waals surface area contributed by atoms with Gasteiger partial charge in [0.15, 0.2) is 8.32 Å². The number of nitrogens with zero attached hydrogens (tertiary/aromatic N) is 1. The Kier molecular flexibility index (Phi) is 4.07. The molecule has 0 saturated heterocycles. The van der Waals surface area contributed by atoms with Crippen LogP contribution in [0.3, 0.4) is 0 Å². The van der Waals surface area contributed by atoms with Gasteiger partial charge in [0.1, 0.15) is 11.4 Å². The normalized spacial score (nSPS) is 15.1. The van der Waals surface area contributed by atoms with Crippen molar-refractivity contribution in [3.63, 3.8) is 0 Å². The summed E-state index contributed by atoms with van der Waals surface area (Å²) in [6.45, 7) is 7.87. The van der Waals surface area contributed by atoms with Crippen LogP contribution in [0.25, 0.3) is 0 Å². The smallest absolute Gasteiger partial charge is 0.185 e. The van der Waals surface area contributed by atoms with Crippen molar-refractivity contribution in [2.24, 2.45) is 0 Å². The third-order valence-electron chi connectivity index (χ3n) is 2.20. The van der Waals surface area contributed by atoms with Crippen molar-refractivity contribution in [2.75, 3.05) is 0 Å². The summed E-state index contributed by atoms with van der Waals surface area (Å²) in [6, 6.07) is 8.50. The number of halogens is 1. The molecule has 1 unspecified atom stereocenters. The zero-order valence-electron chi connectivity index (χ0n) is 10.7. The number of hydrogen-bond donors (Lipinski definition) is 0. The first kappa shape index (κ1) is 13.9. The van der Waals surface area contributed by atoms with Gasteiger partial charge in [-0.3, -0.25) is 0 Å². The molecule has 0 aliphatic carbocycles. The highest BCUT2D eigenvalue weighted by molar-refractivity contribution is 6.69. The maximum absolute atomic E-state index is 13.1. The van der Waals surface area contributed by atoms with Gasteiger partial charge in [0.2, 0.25) is 0 Å². The molecule has 4 heteroatoms. The molecule has 0 radical (unpaired) electrons. The number of hydrogen-bond acceptors (Lipinski definition) is 2. The Balaban J connectivity index is 2.87. The zero-order valence-corrected chi connectivity index (χ0v) is 11.7. The molecule has 17 heavy (non-hydrogen) atoms. The van der Waals surface area contributed by atoms with E-state index in [1.54, 1.807) is 13.0 Å². The minimum absolute atomic E-state index is 0.282. The first-order valence-electron chi connectivity index (χ1n) is 5.60. The van der Waals surface area contributed by atoms with Crippen LogP contribution >= 0.6 is 0 Å². The van der Waals surface area contributed by atoms with E-state index in [4.69, 9.17) is 4.43 Å². The van der Waals surface area contributed by atoms with Crippen molar-refractivity contribution in [3.8, 4) is 6.07 Å². The molecular weight excluding hydrogens is 233 g/mol. The lowest BCUT2D eigenvalue weighted by molar-refractivity contribution is 0.140. The second-order valence-electron chi connectivity index (χ2n) is 5.36. The van der Waals surface area contributed by atoms with Crippen molar-refractivity contribution in [1.82, 2.24) is 0 Å². The monoisotopic (exact) mass is 251 g/mol. The van der Waals surface area contributed by atoms with Gasteiger partial charge >= 0.3 is 0 Å². The standard InChI is InChI=1S/C13H18FNOSi/c1-13(10-15,16-17(2,3)4)9-11-6-5-7-12(14)8-11/h5-8H,9H2,1-4H3. The lowest BCUT2D eigenvalue weighted by Crippen LogP contribution is -2.41. The average Bonchev–Trinajstić information content (AvgIpc) is 2.14. The summed E-state index contributed by atoms with van der Waals surface area (Å²) in [5.41, 5.74) is -0.0922. The maximum atomic E-state index is 13.1. The average molecular weight is 251 g/mol. The summed E-state index contributed by atoms with van der Waals surface area (Å²) in [5.74, 6) is -0.282. The highest BCUT2D eigenvalue weighted by Gasteiger charge is 2.31. The fraction of sp³-hybridized carbons (Fsp3) is 0.462. The van der Waals surface area contributed by atoms with E-state index in [2.05, 4.69) is 6.07 Å². The summed E-state index contributed by atoms with van der Waals surface area (Å²) >= 11 is 0. The molecule has 2 nitrogen and oxygen atoms in total.